The number of nitrogens with two attached hydrogens (primary N) is 1. The molecule has 1 rings (SSSR count). The van der Waals surface area contributed by atoms with Crippen LogP contribution in [0.15, 0.2) is 0 Å². The minimum absolute atomic E-state index is 0.204. The van der Waals surface area contributed by atoms with Gasteiger partial charge in [-0.1, -0.05) is 26.7 Å². The summed E-state index contributed by atoms with van der Waals surface area (Å²) in [7, 11) is 1.68. The van der Waals surface area contributed by atoms with Gasteiger partial charge in [-0.25, -0.2) is 0 Å². The first-order chi connectivity index (χ1) is 9.06. The van der Waals surface area contributed by atoms with E-state index in [1.165, 1.54) is 0 Å². The number of ether oxygens (including phenoxy) is 1. The molecule has 0 atom stereocenters. The lowest BCUT2D eigenvalue weighted by Crippen LogP contribution is -2.47. The fourth-order valence-corrected chi connectivity index (χ4v) is 3.09. The number of amides is 1. The van der Waals surface area contributed by atoms with Crippen LogP contribution in [0.1, 0.15) is 58.8 Å². The molecule has 0 spiro atoms. The highest BCUT2D eigenvalue weighted by Crippen LogP contribution is 2.31. The van der Waals surface area contributed by atoms with Crippen molar-refractivity contribution in [3.8, 4) is 0 Å². The van der Waals surface area contributed by atoms with Crippen LogP contribution < -0.4 is 5.73 Å². The number of carbonyl (C=O) groups excluding carboxylic acids is 1. The van der Waals surface area contributed by atoms with Crippen molar-refractivity contribution in [3.05, 3.63) is 0 Å². The Morgan fingerprint density at radius 2 is 1.89 bits per heavy atom. The van der Waals surface area contributed by atoms with E-state index in [1.54, 1.807) is 7.11 Å². The molecule has 4 heteroatoms. The number of rotatable bonds is 8. The van der Waals surface area contributed by atoms with Crippen molar-refractivity contribution in [1.82, 2.24) is 4.90 Å². The number of carbonyl (C=O) groups is 1. The van der Waals surface area contributed by atoms with E-state index in [0.29, 0.717) is 25.6 Å². The van der Waals surface area contributed by atoms with E-state index in [2.05, 4.69) is 13.8 Å². The summed E-state index contributed by atoms with van der Waals surface area (Å²) < 4.78 is 5.13. The predicted octanol–water partition coefficient (Wildman–Crippen LogP) is 2.31. The Balaban J connectivity index is 2.64. The van der Waals surface area contributed by atoms with Crippen LogP contribution in [0.3, 0.4) is 0 Å². The topological polar surface area (TPSA) is 55.6 Å². The van der Waals surface area contributed by atoms with E-state index in [0.717, 1.165) is 38.5 Å². The van der Waals surface area contributed by atoms with E-state index < -0.39 is 0 Å². The van der Waals surface area contributed by atoms with Gasteiger partial charge in [0.2, 0.25) is 5.91 Å². The maximum absolute atomic E-state index is 12.6. The molecule has 112 valence electrons. The van der Waals surface area contributed by atoms with Crippen molar-refractivity contribution < 1.29 is 9.53 Å². The van der Waals surface area contributed by atoms with Crippen LogP contribution in [-0.4, -0.2) is 42.6 Å². The van der Waals surface area contributed by atoms with Gasteiger partial charge in [0.1, 0.15) is 0 Å². The molecule has 0 aromatic heterocycles. The van der Waals surface area contributed by atoms with Gasteiger partial charge in [0.25, 0.3) is 0 Å². The molecular weight excluding hydrogens is 240 g/mol. The van der Waals surface area contributed by atoms with Crippen molar-refractivity contribution in [1.29, 1.82) is 0 Å². The highest BCUT2D eigenvalue weighted by molar-refractivity contribution is 5.77. The second-order valence-electron chi connectivity index (χ2n) is 5.80. The van der Waals surface area contributed by atoms with Gasteiger partial charge in [-0.15, -0.1) is 0 Å². The van der Waals surface area contributed by atoms with Crippen LogP contribution in [-0.2, 0) is 9.53 Å². The summed E-state index contributed by atoms with van der Waals surface area (Å²) in [4.78, 5) is 14.5. The summed E-state index contributed by atoms with van der Waals surface area (Å²) in [5.74, 6) is 0.204. The van der Waals surface area contributed by atoms with Crippen molar-refractivity contribution in [2.75, 3.05) is 20.3 Å². The molecule has 1 saturated carbocycles. The Morgan fingerprint density at radius 3 is 2.37 bits per heavy atom. The van der Waals surface area contributed by atoms with Crippen LogP contribution in [0.25, 0.3) is 0 Å². The van der Waals surface area contributed by atoms with Crippen LogP contribution >= 0.6 is 0 Å². The predicted molar refractivity (Wildman–Crippen MR) is 78.0 cm³/mol. The number of hydrogen-bond donors (Lipinski definition) is 1. The molecular formula is C15H30N2O2. The zero-order valence-corrected chi connectivity index (χ0v) is 12.8. The third-order valence-electron chi connectivity index (χ3n) is 4.34. The quantitative estimate of drug-likeness (QED) is 0.736. The first-order valence-corrected chi connectivity index (χ1v) is 7.63. The van der Waals surface area contributed by atoms with Crippen molar-refractivity contribution >= 4 is 5.91 Å². The Bertz CT molecular complexity index is 271. The average molecular weight is 270 g/mol. The Hall–Kier alpha value is -0.610. The SMILES string of the molecule is CCC(CC)N(CCOC)C(=O)CC1(N)CCCC1. The highest BCUT2D eigenvalue weighted by Gasteiger charge is 2.34. The van der Waals surface area contributed by atoms with E-state index in [-0.39, 0.29) is 11.4 Å². The molecule has 0 heterocycles. The second kappa shape index (κ2) is 7.85. The lowest BCUT2D eigenvalue weighted by atomic mass is 9.93. The molecule has 0 aromatic carbocycles. The van der Waals surface area contributed by atoms with Gasteiger partial charge in [0.05, 0.1) is 6.61 Å². The fraction of sp³-hybridized carbons (Fsp3) is 0.933. The summed E-state index contributed by atoms with van der Waals surface area (Å²) in [6.45, 7) is 5.54. The third-order valence-corrected chi connectivity index (χ3v) is 4.34. The first kappa shape index (κ1) is 16.4. The van der Waals surface area contributed by atoms with Gasteiger partial charge in [-0.05, 0) is 25.7 Å². The molecule has 2 N–H and O–H groups in total. The zero-order valence-electron chi connectivity index (χ0n) is 12.8. The number of hydrogen-bond acceptors (Lipinski definition) is 3. The van der Waals surface area contributed by atoms with E-state index >= 15 is 0 Å². The zero-order chi connectivity index (χ0) is 14.3. The Kier molecular flexibility index (Phi) is 6.80. The second-order valence-corrected chi connectivity index (χ2v) is 5.80. The molecule has 1 fully saturated rings. The first-order valence-electron chi connectivity index (χ1n) is 7.63. The normalized spacial score (nSPS) is 17.9. The number of nitrogens with zero attached hydrogens (tertiary/aromatic N) is 1. The van der Waals surface area contributed by atoms with E-state index in [4.69, 9.17) is 10.5 Å². The van der Waals surface area contributed by atoms with Crippen molar-refractivity contribution in [2.45, 2.75) is 70.4 Å². The summed E-state index contributed by atoms with van der Waals surface area (Å²) in [5.41, 5.74) is 6.08. The molecule has 0 bridgehead atoms. The highest BCUT2D eigenvalue weighted by atomic mass is 16.5. The van der Waals surface area contributed by atoms with Crippen LogP contribution in [0.2, 0.25) is 0 Å². The fourth-order valence-electron chi connectivity index (χ4n) is 3.09. The Morgan fingerprint density at radius 1 is 1.32 bits per heavy atom. The van der Waals surface area contributed by atoms with Gasteiger partial charge >= 0.3 is 0 Å². The summed E-state index contributed by atoms with van der Waals surface area (Å²) in [6.07, 6.45) is 6.76. The lowest BCUT2D eigenvalue weighted by Gasteiger charge is -2.33. The third kappa shape index (κ3) is 4.77. The lowest BCUT2D eigenvalue weighted by molar-refractivity contribution is -0.135. The van der Waals surface area contributed by atoms with Crippen LogP contribution in [0.5, 0.6) is 0 Å². The van der Waals surface area contributed by atoms with Gasteiger partial charge in [-0.3, -0.25) is 4.79 Å². The summed E-state index contributed by atoms with van der Waals surface area (Å²) in [6, 6.07) is 0.313. The monoisotopic (exact) mass is 270 g/mol. The van der Waals surface area contributed by atoms with E-state index in [1.807, 2.05) is 4.90 Å². The molecule has 19 heavy (non-hydrogen) atoms. The molecule has 0 aromatic rings. The van der Waals surface area contributed by atoms with Crippen LogP contribution in [0.4, 0.5) is 0 Å². The average Bonchev–Trinajstić information content (AvgIpc) is 2.80. The largest absolute Gasteiger partial charge is 0.383 e. The van der Waals surface area contributed by atoms with E-state index in [9.17, 15) is 4.79 Å². The summed E-state index contributed by atoms with van der Waals surface area (Å²) >= 11 is 0. The number of methoxy groups -OCH3 is 1. The molecule has 0 aliphatic heterocycles. The van der Waals surface area contributed by atoms with Crippen molar-refractivity contribution in [2.24, 2.45) is 5.73 Å². The van der Waals surface area contributed by atoms with Crippen molar-refractivity contribution in [3.63, 3.8) is 0 Å². The molecule has 1 amide bonds. The molecule has 1 aliphatic rings. The standard InChI is InChI=1S/C15H30N2O2/c1-4-13(5-2)17(10-11-19-3)14(18)12-15(16)8-6-7-9-15/h13H,4-12,16H2,1-3H3. The maximum atomic E-state index is 12.6. The van der Waals surface area contributed by atoms with Gasteiger partial charge in [0, 0.05) is 31.7 Å². The van der Waals surface area contributed by atoms with Gasteiger partial charge < -0.3 is 15.4 Å². The molecule has 0 radical (unpaired) electrons. The molecule has 1 aliphatic carbocycles. The maximum Gasteiger partial charge on any atom is 0.224 e. The van der Waals surface area contributed by atoms with Gasteiger partial charge in [-0.2, -0.15) is 0 Å². The molecule has 0 saturated heterocycles. The molecule has 0 unspecified atom stereocenters. The smallest absolute Gasteiger partial charge is 0.224 e. The van der Waals surface area contributed by atoms with Crippen LogP contribution in [0, 0.1) is 0 Å². The minimum Gasteiger partial charge on any atom is -0.383 e. The molecule has 4 nitrogen and oxygen atoms in total. The Labute approximate surface area is 117 Å². The van der Waals surface area contributed by atoms with Gasteiger partial charge in [0.15, 0.2) is 0 Å². The minimum atomic E-state index is -0.256. The summed E-state index contributed by atoms with van der Waals surface area (Å²) in [5, 5.41) is 0.